The molecule has 6 nitrogen and oxygen atoms in total. The summed E-state index contributed by atoms with van der Waals surface area (Å²) in [6, 6.07) is 15.7. The maximum Gasteiger partial charge on any atom is 0.229 e. The molecule has 7 heteroatoms. The predicted octanol–water partition coefficient (Wildman–Crippen LogP) is 4.60. The van der Waals surface area contributed by atoms with Gasteiger partial charge in [0.1, 0.15) is 5.82 Å². The third-order valence-corrected chi connectivity index (χ3v) is 5.54. The number of carbonyl (C=O) groups excluding carboxylic acids is 1. The van der Waals surface area contributed by atoms with Gasteiger partial charge in [-0.15, -0.1) is 0 Å². The van der Waals surface area contributed by atoms with Gasteiger partial charge in [-0.25, -0.2) is 4.98 Å². The van der Waals surface area contributed by atoms with E-state index < -0.39 is 0 Å². The highest BCUT2D eigenvalue weighted by molar-refractivity contribution is 6.33. The minimum Gasteiger partial charge on any atom is -0.380 e. The lowest BCUT2D eigenvalue weighted by Crippen LogP contribution is -2.41. The van der Waals surface area contributed by atoms with Gasteiger partial charge in [-0.1, -0.05) is 41.9 Å². The standard InChI is InChI=1S/C23H24ClN5O/c24-20-13-19(8-9-21(20)27-14-17-5-2-1-3-6-17)28-23(30)18-7-4-12-29(16-18)22-15-25-10-11-26-22/h1-3,5-6,8-11,13,15,18,27H,4,7,12,14,16H2,(H,28,30). The summed E-state index contributed by atoms with van der Waals surface area (Å²) in [6.07, 6.45) is 6.86. The number of benzene rings is 2. The van der Waals surface area contributed by atoms with Gasteiger partial charge in [-0.2, -0.15) is 0 Å². The molecule has 1 aliphatic rings. The maximum absolute atomic E-state index is 12.8. The van der Waals surface area contributed by atoms with E-state index in [4.69, 9.17) is 11.6 Å². The summed E-state index contributed by atoms with van der Waals surface area (Å²) < 4.78 is 0. The molecule has 0 spiro atoms. The van der Waals surface area contributed by atoms with Crippen molar-refractivity contribution in [1.82, 2.24) is 9.97 Å². The van der Waals surface area contributed by atoms with Crippen molar-refractivity contribution < 1.29 is 4.79 Å². The van der Waals surface area contributed by atoms with E-state index >= 15 is 0 Å². The molecule has 1 unspecified atom stereocenters. The van der Waals surface area contributed by atoms with Gasteiger partial charge in [0, 0.05) is 37.7 Å². The normalized spacial score (nSPS) is 16.2. The molecule has 0 saturated carbocycles. The van der Waals surface area contributed by atoms with Crippen molar-refractivity contribution in [3.05, 3.63) is 77.7 Å². The molecular weight excluding hydrogens is 398 g/mol. The maximum atomic E-state index is 12.8. The number of nitrogens with zero attached hydrogens (tertiary/aromatic N) is 3. The van der Waals surface area contributed by atoms with Crippen LogP contribution in [0.25, 0.3) is 0 Å². The number of anilines is 3. The van der Waals surface area contributed by atoms with Crippen LogP contribution >= 0.6 is 11.6 Å². The summed E-state index contributed by atoms with van der Waals surface area (Å²) in [4.78, 5) is 23.4. The van der Waals surface area contributed by atoms with Crippen LogP contribution < -0.4 is 15.5 Å². The van der Waals surface area contributed by atoms with Crippen LogP contribution in [0.4, 0.5) is 17.2 Å². The Morgan fingerprint density at radius 2 is 2.03 bits per heavy atom. The fraction of sp³-hybridized carbons (Fsp3) is 0.261. The van der Waals surface area contributed by atoms with Crippen molar-refractivity contribution in [2.45, 2.75) is 19.4 Å². The van der Waals surface area contributed by atoms with Gasteiger partial charge in [-0.05, 0) is 36.6 Å². The highest BCUT2D eigenvalue weighted by Gasteiger charge is 2.26. The number of hydrogen-bond donors (Lipinski definition) is 2. The topological polar surface area (TPSA) is 70.2 Å². The lowest BCUT2D eigenvalue weighted by Gasteiger charge is -2.32. The second kappa shape index (κ2) is 9.59. The Balaban J connectivity index is 1.35. The van der Waals surface area contributed by atoms with Crippen molar-refractivity contribution in [2.75, 3.05) is 28.6 Å². The molecule has 0 radical (unpaired) electrons. The molecule has 2 aromatic carbocycles. The van der Waals surface area contributed by atoms with Crippen LogP contribution in [-0.2, 0) is 11.3 Å². The molecule has 1 atom stereocenters. The fourth-order valence-electron chi connectivity index (χ4n) is 3.63. The molecule has 3 aromatic rings. The van der Waals surface area contributed by atoms with Crippen molar-refractivity contribution in [3.63, 3.8) is 0 Å². The molecule has 1 aliphatic heterocycles. The van der Waals surface area contributed by atoms with Gasteiger partial charge in [-0.3, -0.25) is 9.78 Å². The molecule has 0 bridgehead atoms. The van der Waals surface area contributed by atoms with Gasteiger partial charge in [0.15, 0.2) is 0 Å². The van der Waals surface area contributed by atoms with Gasteiger partial charge >= 0.3 is 0 Å². The molecule has 1 fully saturated rings. The molecule has 1 saturated heterocycles. The minimum atomic E-state index is -0.101. The van der Waals surface area contributed by atoms with E-state index in [2.05, 4.69) is 37.6 Å². The summed E-state index contributed by atoms with van der Waals surface area (Å²) in [5.41, 5.74) is 2.72. The second-order valence-corrected chi connectivity index (χ2v) is 7.78. The monoisotopic (exact) mass is 421 g/mol. The molecule has 154 valence electrons. The minimum absolute atomic E-state index is 0.00431. The van der Waals surface area contributed by atoms with Crippen molar-refractivity contribution in [3.8, 4) is 0 Å². The summed E-state index contributed by atoms with van der Waals surface area (Å²) in [5.74, 6) is 0.715. The quantitative estimate of drug-likeness (QED) is 0.608. The summed E-state index contributed by atoms with van der Waals surface area (Å²) >= 11 is 6.43. The van der Waals surface area contributed by atoms with E-state index in [-0.39, 0.29) is 11.8 Å². The van der Waals surface area contributed by atoms with Crippen LogP contribution in [0.15, 0.2) is 67.1 Å². The average Bonchev–Trinajstić information content (AvgIpc) is 2.80. The summed E-state index contributed by atoms with van der Waals surface area (Å²) in [5, 5.41) is 6.92. The number of nitrogens with one attached hydrogen (secondary N) is 2. The van der Waals surface area contributed by atoms with E-state index in [1.165, 1.54) is 5.56 Å². The molecule has 2 N–H and O–H groups in total. The van der Waals surface area contributed by atoms with Gasteiger partial charge in [0.25, 0.3) is 0 Å². The summed E-state index contributed by atoms with van der Waals surface area (Å²) in [6.45, 7) is 2.21. The van der Waals surface area contributed by atoms with Crippen LogP contribution in [0.2, 0.25) is 5.02 Å². The first kappa shape index (κ1) is 20.2. The van der Waals surface area contributed by atoms with E-state index in [1.54, 1.807) is 24.7 Å². The third-order valence-electron chi connectivity index (χ3n) is 5.23. The second-order valence-electron chi connectivity index (χ2n) is 7.37. The number of rotatable bonds is 6. The van der Waals surface area contributed by atoms with Crippen LogP contribution in [0.3, 0.4) is 0 Å². The van der Waals surface area contributed by atoms with Gasteiger partial charge < -0.3 is 15.5 Å². The number of carbonyl (C=O) groups is 1. The van der Waals surface area contributed by atoms with E-state index in [0.717, 1.165) is 30.9 Å². The van der Waals surface area contributed by atoms with E-state index in [1.807, 2.05) is 30.3 Å². The number of halogens is 1. The number of amides is 1. The first-order valence-corrected chi connectivity index (χ1v) is 10.5. The van der Waals surface area contributed by atoms with Crippen molar-refractivity contribution >= 4 is 34.7 Å². The van der Waals surface area contributed by atoms with Crippen LogP contribution in [0.1, 0.15) is 18.4 Å². The first-order valence-electron chi connectivity index (χ1n) is 10.1. The zero-order chi connectivity index (χ0) is 20.8. The van der Waals surface area contributed by atoms with Crippen LogP contribution in [0.5, 0.6) is 0 Å². The molecular formula is C23H24ClN5O. The molecule has 2 heterocycles. The Morgan fingerprint density at radius 3 is 2.80 bits per heavy atom. The average molecular weight is 422 g/mol. The third kappa shape index (κ3) is 5.07. The smallest absolute Gasteiger partial charge is 0.229 e. The Bertz CT molecular complexity index is 983. The summed E-state index contributed by atoms with van der Waals surface area (Å²) in [7, 11) is 0. The molecule has 1 aromatic heterocycles. The Morgan fingerprint density at radius 1 is 1.17 bits per heavy atom. The zero-order valence-electron chi connectivity index (χ0n) is 16.6. The number of aromatic nitrogens is 2. The predicted molar refractivity (Wildman–Crippen MR) is 121 cm³/mol. The SMILES string of the molecule is O=C(Nc1ccc(NCc2ccccc2)c(Cl)c1)C1CCCN(c2cnccn2)C1. The van der Waals surface area contributed by atoms with Crippen molar-refractivity contribution in [2.24, 2.45) is 5.92 Å². The fourth-order valence-corrected chi connectivity index (χ4v) is 3.87. The molecule has 30 heavy (non-hydrogen) atoms. The molecule has 1 amide bonds. The van der Waals surface area contributed by atoms with Crippen LogP contribution in [0, 0.1) is 5.92 Å². The lowest BCUT2D eigenvalue weighted by atomic mass is 9.97. The number of piperidine rings is 1. The van der Waals surface area contributed by atoms with Gasteiger partial charge in [0.2, 0.25) is 5.91 Å². The molecule has 0 aliphatic carbocycles. The van der Waals surface area contributed by atoms with E-state index in [9.17, 15) is 4.79 Å². The van der Waals surface area contributed by atoms with Gasteiger partial charge in [0.05, 0.1) is 22.8 Å². The number of hydrogen-bond acceptors (Lipinski definition) is 5. The highest BCUT2D eigenvalue weighted by atomic mass is 35.5. The Hall–Kier alpha value is -3.12. The first-order chi connectivity index (χ1) is 14.7. The largest absolute Gasteiger partial charge is 0.380 e. The lowest BCUT2D eigenvalue weighted by molar-refractivity contribution is -0.120. The van der Waals surface area contributed by atoms with Crippen LogP contribution in [-0.4, -0.2) is 29.0 Å². The Kier molecular flexibility index (Phi) is 6.44. The Labute approximate surface area is 181 Å². The zero-order valence-corrected chi connectivity index (χ0v) is 17.3. The van der Waals surface area contributed by atoms with Crippen molar-refractivity contribution in [1.29, 1.82) is 0 Å². The highest BCUT2D eigenvalue weighted by Crippen LogP contribution is 2.27. The molecule has 4 rings (SSSR count). The van der Waals surface area contributed by atoms with E-state index in [0.29, 0.717) is 23.8 Å².